The summed E-state index contributed by atoms with van der Waals surface area (Å²) in [7, 11) is 0. The second kappa shape index (κ2) is 31.0. The molecule has 1 unspecified atom stereocenters. The van der Waals surface area contributed by atoms with Gasteiger partial charge in [-0.2, -0.15) is 0 Å². The van der Waals surface area contributed by atoms with Crippen LogP contribution in [0.2, 0.25) is 0 Å². The Bertz CT molecular complexity index is 3660. The zero-order valence-corrected chi connectivity index (χ0v) is 60.3. The maximum absolute atomic E-state index is 16.0. The lowest BCUT2D eigenvalue weighted by atomic mass is 9.44. The van der Waals surface area contributed by atoms with Gasteiger partial charge in [-0.05, 0) is 143 Å². The van der Waals surface area contributed by atoms with Crippen LogP contribution in [0.3, 0.4) is 0 Å². The van der Waals surface area contributed by atoms with E-state index in [1.807, 2.05) is 20.8 Å². The number of fused-ring (bicyclic) bond motifs is 6. The number of aliphatic hydroxyl groups is 2. The standard InChI is InChI=1S/C80H103NO18/c1-46(2)27-24-28-47(3)29-25-30-48(4)31-26-41-77(13)42-40-58-51(7)66(49(5)50(6)67(58)99-77)95-62(85)38-39-63(86)96-69(65(55-32-18-15-19-33-55)81-73(88)56-34-20-16-21-35-56)75(90)94-59-44-80(91)72(97-74(89)57-36-22-17-23-37-57)70-78(14,60(84)43-61-79(70,45-92-61)98-54(10)83)71(87)68(93-53(9)82)64(52(59)8)76(80,11)12/h15-23,32-37,46-48,59-61,65,68-70,72,84,91H,24-31,38-45H2,1-14H3,(H,81,88)/t47-,48-,59+,60+,61-,65+,68-,69-,70?,72+,77-,78-,79+,80-/m1/s1. The van der Waals surface area contributed by atoms with E-state index < -0.39 is 137 Å². The van der Waals surface area contributed by atoms with Gasteiger partial charge in [0.1, 0.15) is 47.1 Å². The number of ether oxygens (including phenoxy) is 8. The summed E-state index contributed by atoms with van der Waals surface area (Å²) >= 11 is 0. The second-order valence-electron chi connectivity index (χ2n) is 30.2. The molecule has 14 atom stereocenters. The second-order valence-corrected chi connectivity index (χ2v) is 30.2. The van der Waals surface area contributed by atoms with Gasteiger partial charge in [0.05, 0.1) is 42.4 Å². The highest BCUT2D eigenvalue weighted by Crippen LogP contribution is 2.65. The minimum atomic E-state index is -2.52. The molecule has 19 nitrogen and oxygen atoms in total. The molecule has 2 aliphatic heterocycles. The Morgan fingerprint density at radius 3 is 1.87 bits per heavy atom. The van der Waals surface area contributed by atoms with Gasteiger partial charge in [0.25, 0.3) is 5.91 Å². The van der Waals surface area contributed by atoms with Gasteiger partial charge >= 0.3 is 35.8 Å². The molecule has 4 aromatic rings. The summed E-state index contributed by atoms with van der Waals surface area (Å²) < 4.78 is 50.5. The predicted molar refractivity (Wildman–Crippen MR) is 369 cm³/mol. The molecule has 536 valence electrons. The number of amides is 1. The number of aliphatic hydroxyl groups excluding tert-OH is 1. The van der Waals surface area contributed by atoms with Crippen molar-refractivity contribution in [3.63, 3.8) is 0 Å². The zero-order valence-electron chi connectivity index (χ0n) is 60.3. The van der Waals surface area contributed by atoms with Gasteiger partial charge in [-0.15, -0.1) is 0 Å². The van der Waals surface area contributed by atoms with Crippen molar-refractivity contribution in [1.82, 2.24) is 5.32 Å². The lowest BCUT2D eigenvalue weighted by Gasteiger charge is -2.67. The first kappa shape index (κ1) is 75.5. The highest BCUT2D eigenvalue weighted by Gasteiger charge is 2.78. The summed E-state index contributed by atoms with van der Waals surface area (Å²) in [5, 5.41) is 29.5. The van der Waals surface area contributed by atoms with E-state index in [0.29, 0.717) is 23.7 Å². The third-order valence-corrected chi connectivity index (χ3v) is 22.3. The third-order valence-electron chi connectivity index (χ3n) is 22.3. The summed E-state index contributed by atoms with van der Waals surface area (Å²) in [4.78, 5) is 116. The highest BCUT2D eigenvalue weighted by atomic mass is 16.6. The smallest absolute Gasteiger partial charge is 0.350 e. The first-order valence-corrected chi connectivity index (χ1v) is 35.5. The average molecular weight is 1370 g/mol. The lowest BCUT2D eigenvalue weighted by Crippen LogP contribution is -2.82. The summed E-state index contributed by atoms with van der Waals surface area (Å²) in [6.07, 6.45) is -0.0973. The predicted octanol–water partition coefficient (Wildman–Crippen LogP) is 13.1. The fourth-order valence-corrected chi connectivity index (χ4v) is 16.3. The first-order chi connectivity index (χ1) is 46.8. The monoisotopic (exact) mass is 1370 g/mol. The molecule has 9 rings (SSSR count). The molecular formula is C80H103NO18. The molecule has 5 aliphatic rings. The largest absolute Gasteiger partial charge is 0.487 e. The minimum absolute atomic E-state index is 0.0279. The number of hydrogen-bond donors (Lipinski definition) is 3. The quantitative estimate of drug-likeness (QED) is 0.0217. The van der Waals surface area contributed by atoms with Crippen molar-refractivity contribution in [3.8, 4) is 11.5 Å². The van der Waals surface area contributed by atoms with Gasteiger partial charge < -0.3 is 53.4 Å². The Morgan fingerprint density at radius 2 is 1.28 bits per heavy atom. The molecule has 2 bridgehead atoms. The van der Waals surface area contributed by atoms with Gasteiger partial charge in [-0.1, -0.05) is 153 Å². The molecule has 0 radical (unpaired) electrons. The molecule has 2 heterocycles. The molecule has 99 heavy (non-hydrogen) atoms. The molecule has 1 saturated heterocycles. The Kier molecular flexibility index (Phi) is 23.6. The van der Waals surface area contributed by atoms with Crippen molar-refractivity contribution >= 4 is 47.5 Å². The van der Waals surface area contributed by atoms with E-state index in [1.54, 1.807) is 92.7 Å². The van der Waals surface area contributed by atoms with E-state index in [1.165, 1.54) is 64.5 Å². The van der Waals surface area contributed by atoms with Crippen molar-refractivity contribution < 1.29 is 86.5 Å². The number of benzene rings is 4. The van der Waals surface area contributed by atoms with Gasteiger partial charge in [-0.25, -0.2) is 9.59 Å². The minimum Gasteiger partial charge on any atom is -0.487 e. The average Bonchev–Trinajstić information content (AvgIpc) is 0.668. The number of ketones is 1. The fraction of sp³-hybridized carbons (Fsp3) is 0.575. The number of esters is 6. The Labute approximate surface area is 583 Å². The Morgan fingerprint density at radius 1 is 0.697 bits per heavy atom. The molecule has 0 spiro atoms. The molecule has 4 aromatic carbocycles. The molecule has 19 heteroatoms. The van der Waals surface area contributed by atoms with E-state index in [9.17, 15) is 39.0 Å². The van der Waals surface area contributed by atoms with Crippen molar-refractivity contribution in [2.24, 2.45) is 34.5 Å². The number of carbonyl (C=O) groups is 8. The summed E-state index contributed by atoms with van der Waals surface area (Å²) in [6.45, 7) is 25.1. The maximum Gasteiger partial charge on any atom is 0.350 e. The van der Waals surface area contributed by atoms with Gasteiger partial charge in [0.15, 0.2) is 17.5 Å². The van der Waals surface area contributed by atoms with Crippen LogP contribution in [-0.2, 0) is 63.6 Å². The number of rotatable bonds is 27. The Balaban J connectivity index is 1.00. The SMILES string of the molecule is CC(=O)O[C@H]1C(=O)[C@@]2(C)C([C@H](OC(=O)c3ccccc3)[C@]3(O)C[C@H](OC(=O)[C@H](OC(=O)CCC(=O)Oc4c(C)c(C)c5c(c4C)CC[C@@](C)(CCC[C@H](C)CCC[C@H](C)CCCC(C)C)O5)[C@@H](NC(=O)c4ccccc4)c4ccccc4)C(C)=C1C3(C)C)[C@]1(OC(C)=O)CO[C@@H]1C[C@@H]2O. The van der Waals surface area contributed by atoms with Crippen molar-refractivity contribution in [1.29, 1.82) is 0 Å². The van der Waals surface area contributed by atoms with Crippen LogP contribution in [0.1, 0.15) is 221 Å². The van der Waals surface area contributed by atoms with Crippen LogP contribution in [0.15, 0.2) is 102 Å². The topological polar surface area (TPSA) is 263 Å². The normalized spacial score (nSPS) is 27.1. The summed E-state index contributed by atoms with van der Waals surface area (Å²) in [5.41, 5.74) is -4.92. The number of nitrogens with one attached hydrogen (secondary N) is 1. The van der Waals surface area contributed by atoms with Gasteiger partial charge in [0, 0.05) is 43.2 Å². The molecule has 1 amide bonds. The highest BCUT2D eigenvalue weighted by molar-refractivity contribution is 5.97. The molecule has 3 fully saturated rings. The van der Waals surface area contributed by atoms with Crippen LogP contribution >= 0.6 is 0 Å². The summed E-state index contributed by atoms with van der Waals surface area (Å²) in [6, 6.07) is 22.6. The van der Waals surface area contributed by atoms with Crippen molar-refractivity contribution in [3.05, 3.63) is 141 Å². The first-order valence-electron chi connectivity index (χ1n) is 35.5. The van der Waals surface area contributed by atoms with E-state index >= 15 is 9.59 Å². The maximum atomic E-state index is 16.0. The van der Waals surface area contributed by atoms with E-state index in [-0.39, 0.29) is 46.5 Å². The Hall–Kier alpha value is -7.74. The zero-order chi connectivity index (χ0) is 72.1. The van der Waals surface area contributed by atoms with E-state index in [2.05, 4.69) is 39.9 Å². The van der Waals surface area contributed by atoms with Crippen LogP contribution in [0.4, 0.5) is 0 Å². The number of carbonyl (C=O) groups excluding carboxylic acids is 8. The summed E-state index contributed by atoms with van der Waals surface area (Å²) in [5.74, 6) is -5.79. The molecule has 3 N–H and O–H groups in total. The van der Waals surface area contributed by atoms with Gasteiger partial charge in [-0.3, -0.25) is 28.8 Å². The van der Waals surface area contributed by atoms with Crippen molar-refractivity contribution in [2.45, 2.75) is 253 Å². The number of hydrogen-bond acceptors (Lipinski definition) is 18. The fourth-order valence-electron chi connectivity index (χ4n) is 16.3. The molecule has 0 aromatic heterocycles. The van der Waals surface area contributed by atoms with Gasteiger partial charge in [0.2, 0.25) is 6.10 Å². The molecule has 3 aliphatic carbocycles. The third kappa shape index (κ3) is 15.9. The molecule has 2 saturated carbocycles. The van der Waals surface area contributed by atoms with Crippen LogP contribution in [-0.4, -0.2) is 118 Å². The van der Waals surface area contributed by atoms with Crippen LogP contribution in [0, 0.1) is 55.3 Å². The molecular weight excluding hydrogens is 1260 g/mol. The van der Waals surface area contributed by atoms with E-state index in [4.69, 9.17) is 37.9 Å². The lowest BCUT2D eigenvalue weighted by molar-refractivity contribution is -0.346. The van der Waals surface area contributed by atoms with Crippen LogP contribution in [0.25, 0.3) is 0 Å². The van der Waals surface area contributed by atoms with Crippen molar-refractivity contribution in [2.75, 3.05) is 6.61 Å². The van der Waals surface area contributed by atoms with Crippen LogP contribution in [0.5, 0.6) is 11.5 Å². The number of Topliss-reactive ketones (excluding diaryl/α,β-unsaturated/α-hetero) is 1. The van der Waals surface area contributed by atoms with E-state index in [0.717, 1.165) is 73.8 Å². The van der Waals surface area contributed by atoms with Crippen LogP contribution < -0.4 is 14.8 Å².